The Bertz CT molecular complexity index is 426. The number of rotatable bonds is 2. The highest BCUT2D eigenvalue weighted by molar-refractivity contribution is 6.30. The highest BCUT2D eigenvalue weighted by Gasteiger charge is 2.14. The predicted molar refractivity (Wildman–Crippen MR) is 46.1 cm³/mol. The fourth-order valence-corrected chi connectivity index (χ4v) is 1.06. The van der Waals surface area contributed by atoms with Gasteiger partial charge in [-0.2, -0.15) is 5.26 Å². The monoisotopic (exact) mass is 215 g/mol. The van der Waals surface area contributed by atoms with E-state index in [1.165, 1.54) is 6.07 Å². The van der Waals surface area contributed by atoms with Crippen molar-refractivity contribution in [1.29, 1.82) is 5.26 Å². The molecule has 0 aliphatic heterocycles. The molecule has 0 fully saturated rings. The number of carbonyl (C=O) groups is 1. The second kappa shape index (κ2) is 4.16. The first-order valence-corrected chi connectivity index (χ1v) is 4.12. The van der Waals surface area contributed by atoms with E-state index in [9.17, 15) is 13.6 Å². The average Bonchev–Trinajstić information content (AvgIpc) is 2.19. The van der Waals surface area contributed by atoms with Gasteiger partial charge >= 0.3 is 0 Å². The highest BCUT2D eigenvalue weighted by Crippen LogP contribution is 2.15. The zero-order valence-corrected chi connectivity index (χ0v) is 7.61. The van der Waals surface area contributed by atoms with E-state index in [1.807, 2.05) is 0 Å². The molecular weight excluding hydrogens is 212 g/mol. The fraction of sp³-hybridized carbons (Fsp3) is 0.111. The minimum absolute atomic E-state index is 0.428. The van der Waals surface area contributed by atoms with Gasteiger partial charge in [0.15, 0.2) is 5.78 Å². The number of nitriles is 1. The van der Waals surface area contributed by atoms with E-state index in [0.29, 0.717) is 12.1 Å². The molecule has 1 rings (SSSR count). The Morgan fingerprint density at radius 1 is 1.43 bits per heavy atom. The van der Waals surface area contributed by atoms with Crippen molar-refractivity contribution in [1.82, 2.24) is 0 Å². The number of ketones is 1. The molecule has 0 spiro atoms. The van der Waals surface area contributed by atoms with Gasteiger partial charge in [0, 0.05) is 0 Å². The van der Waals surface area contributed by atoms with Gasteiger partial charge in [-0.15, -0.1) is 11.6 Å². The van der Waals surface area contributed by atoms with E-state index in [2.05, 4.69) is 0 Å². The first-order valence-electron chi connectivity index (χ1n) is 3.58. The smallest absolute Gasteiger partial charge is 0.180 e. The normalized spacial score (nSPS) is 9.57. The summed E-state index contributed by atoms with van der Waals surface area (Å²) in [6.45, 7) is 0. The van der Waals surface area contributed by atoms with Gasteiger partial charge in [-0.05, 0) is 12.1 Å². The van der Waals surface area contributed by atoms with E-state index in [4.69, 9.17) is 16.9 Å². The Labute approximate surface area is 83.7 Å². The summed E-state index contributed by atoms with van der Waals surface area (Å²) in [5, 5.41) is 8.36. The minimum Gasteiger partial charge on any atom is -0.293 e. The highest BCUT2D eigenvalue weighted by atomic mass is 35.5. The Hall–Kier alpha value is -1.47. The third-order valence-electron chi connectivity index (χ3n) is 1.60. The predicted octanol–water partition coefficient (Wildman–Crippen LogP) is 2.26. The summed E-state index contributed by atoms with van der Waals surface area (Å²) in [6, 6.07) is 2.82. The molecule has 0 radical (unpaired) electrons. The molecule has 0 heterocycles. The van der Waals surface area contributed by atoms with E-state index in [-0.39, 0.29) is 0 Å². The Morgan fingerprint density at radius 2 is 2.07 bits per heavy atom. The molecule has 0 unspecified atom stereocenters. The Balaban J connectivity index is 3.30. The molecule has 0 amide bonds. The lowest BCUT2D eigenvalue weighted by Crippen LogP contribution is -2.05. The Kier molecular flexibility index (Phi) is 3.15. The van der Waals surface area contributed by atoms with E-state index in [0.717, 1.165) is 0 Å². The quantitative estimate of drug-likeness (QED) is 0.561. The van der Waals surface area contributed by atoms with Crippen LogP contribution in [0.5, 0.6) is 0 Å². The molecule has 1 aromatic carbocycles. The first kappa shape index (κ1) is 10.6. The summed E-state index contributed by atoms with van der Waals surface area (Å²) in [5.74, 6) is -3.01. The Morgan fingerprint density at radius 3 is 2.57 bits per heavy atom. The van der Waals surface area contributed by atoms with Crippen LogP contribution < -0.4 is 0 Å². The summed E-state index contributed by atoms with van der Waals surface area (Å²) in [4.78, 5) is 11.0. The summed E-state index contributed by atoms with van der Waals surface area (Å²) in [5.41, 5.74) is -0.870. The van der Waals surface area contributed by atoms with Crippen LogP contribution in [-0.2, 0) is 0 Å². The summed E-state index contributed by atoms with van der Waals surface area (Å²) in [7, 11) is 0. The molecule has 0 saturated heterocycles. The lowest BCUT2D eigenvalue weighted by atomic mass is 10.1. The zero-order valence-electron chi connectivity index (χ0n) is 6.85. The van der Waals surface area contributed by atoms with Crippen molar-refractivity contribution in [3.63, 3.8) is 0 Å². The fourth-order valence-electron chi connectivity index (χ4n) is 0.918. The third kappa shape index (κ3) is 1.88. The molecule has 5 heteroatoms. The maximum Gasteiger partial charge on any atom is 0.180 e. The van der Waals surface area contributed by atoms with Crippen molar-refractivity contribution >= 4 is 17.4 Å². The molecule has 0 atom stereocenters. The molecule has 0 aliphatic rings. The number of halogens is 3. The first-order chi connectivity index (χ1) is 6.60. The molecule has 72 valence electrons. The van der Waals surface area contributed by atoms with Gasteiger partial charge in [0.2, 0.25) is 0 Å². The number of hydrogen-bond donors (Lipinski definition) is 0. The molecule has 0 aliphatic carbocycles. The molecule has 0 saturated carbocycles. The number of Topliss-reactive ketones (excluding diaryl/α,β-unsaturated/α-hetero) is 1. The van der Waals surface area contributed by atoms with Crippen LogP contribution in [-0.4, -0.2) is 11.7 Å². The average molecular weight is 216 g/mol. The number of carbonyl (C=O) groups excluding carboxylic acids is 1. The van der Waals surface area contributed by atoms with Crippen LogP contribution >= 0.6 is 11.6 Å². The number of nitrogens with zero attached hydrogens (tertiary/aromatic N) is 1. The van der Waals surface area contributed by atoms with Gasteiger partial charge in [-0.1, -0.05) is 0 Å². The van der Waals surface area contributed by atoms with Crippen LogP contribution in [0.4, 0.5) is 8.78 Å². The summed E-state index contributed by atoms with van der Waals surface area (Å²) < 4.78 is 26.0. The van der Waals surface area contributed by atoms with Crippen molar-refractivity contribution < 1.29 is 13.6 Å². The van der Waals surface area contributed by atoms with Gasteiger partial charge in [-0.3, -0.25) is 4.79 Å². The largest absolute Gasteiger partial charge is 0.293 e. The van der Waals surface area contributed by atoms with Crippen molar-refractivity contribution in [3.05, 3.63) is 34.9 Å². The molecule has 2 nitrogen and oxygen atoms in total. The van der Waals surface area contributed by atoms with E-state index < -0.39 is 34.4 Å². The molecule has 14 heavy (non-hydrogen) atoms. The van der Waals surface area contributed by atoms with Crippen molar-refractivity contribution in [2.75, 3.05) is 5.88 Å². The van der Waals surface area contributed by atoms with Crippen LogP contribution in [0, 0.1) is 23.0 Å². The van der Waals surface area contributed by atoms with Crippen LogP contribution in [0.1, 0.15) is 15.9 Å². The van der Waals surface area contributed by atoms with Gasteiger partial charge in [0.05, 0.1) is 17.0 Å². The minimum atomic E-state index is -0.936. The van der Waals surface area contributed by atoms with Crippen molar-refractivity contribution in [2.45, 2.75) is 0 Å². The second-order valence-corrected chi connectivity index (χ2v) is 2.75. The summed E-state index contributed by atoms with van der Waals surface area (Å²) in [6.07, 6.45) is 0. The van der Waals surface area contributed by atoms with Gasteiger partial charge in [0.1, 0.15) is 17.7 Å². The van der Waals surface area contributed by atoms with Gasteiger partial charge in [-0.25, -0.2) is 8.78 Å². The van der Waals surface area contributed by atoms with E-state index >= 15 is 0 Å². The zero-order chi connectivity index (χ0) is 10.7. The van der Waals surface area contributed by atoms with Crippen molar-refractivity contribution in [2.24, 2.45) is 0 Å². The number of alkyl halides is 1. The standard InChI is InChI=1S/C9H4ClF2NO/c10-3-9(14)6-2-7(11)5(4-13)1-8(6)12/h1-2H,3H2. The number of hydrogen-bond acceptors (Lipinski definition) is 2. The topological polar surface area (TPSA) is 40.9 Å². The van der Waals surface area contributed by atoms with Crippen LogP contribution in [0.2, 0.25) is 0 Å². The third-order valence-corrected chi connectivity index (χ3v) is 1.84. The van der Waals surface area contributed by atoms with Crippen molar-refractivity contribution in [3.8, 4) is 6.07 Å². The SMILES string of the molecule is N#Cc1cc(F)c(C(=O)CCl)cc1F. The molecule has 0 bridgehead atoms. The molecule has 0 N–H and O–H groups in total. The second-order valence-electron chi connectivity index (χ2n) is 2.48. The summed E-state index contributed by atoms with van der Waals surface area (Å²) >= 11 is 5.18. The van der Waals surface area contributed by atoms with Crippen LogP contribution in [0.15, 0.2) is 12.1 Å². The van der Waals surface area contributed by atoms with Gasteiger partial charge in [0.25, 0.3) is 0 Å². The molecule has 0 aromatic heterocycles. The lowest BCUT2D eigenvalue weighted by molar-refractivity contribution is 0.101. The van der Waals surface area contributed by atoms with Crippen LogP contribution in [0.25, 0.3) is 0 Å². The molecular formula is C9H4ClF2NO. The van der Waals surface area contributed by atoms with Gasteiger partial charge < -0.3 is 0 Å². The number of benzene rings is 1. The maximum absolute atomic E-state index is 13.1. The molecule has 1 aromatic rings. The maximum atomic E-state index is 13.1. The van der Waals surface area contributed by atoms with Crippen LogP contribution in [0.3, 0.4) is 0 Å². The van der Waals surface area contributed by atoms with E-state index in [1.54, 1.807) is 0 Å². The lowest BCUT2D eigenvalue weighted by Gasteiger charge is -2.00.